The number of aryl methyl sites for hydroxylation is 1. The van der Waals surface area contributed by atoms with Crippen LogP contribution in [0.2, 0.25) is 0 Å². The zero-order chi connectivity index (χ0) is 25.0. The predicted molar refractivity (Wildman–Crippen MR) is 122 cm³/mol. The number of amides is 1. The first-order valence-corrected chi connectivity index (χ1v) is 11.5. The number of aromatic nitrogens is 2. The van der Waals surface area contributed by atoms with E-state index in [-0.39, 0.29) is 47.5 Å². The molecule has 0 spiro atoms. The number of hydrogen-bond donors (Lipinski definition) is 0. The van der Waals surface area contributed by atoms with Crippen LogP contribution >= 0.6 is 0 Å². The monoisotopic (exact) mass is 473 g/mol. The fourth-order valence-corrected chi connectivity index (χ4v) is 4.36. The van der Waals surface area contributed by atoms with E-state index in [9.17, 15) is 14.4 Å². The van der Waals surface area contributed by atoms with Gasteiger partial charge in [-0.05, 0) is 71.4 Å². The third kappa shape index (κ3) is 4.23. The summed E-state index contributed by atoms with van der Waals surface area (Å²) in [6.07, 6.45) is 4.74. The number of halogens is 2. The Morgan fingerprint density at radius 2 is 1.91 bits per heavy atom. The molecule has 1 amide bonds. The van der Waals surface area contributed by atoms with Gasteiger partial charge in [-0.15, -0.1) is 0 Å². The number of esters is 1. The van der Waals surface area contributed by atoms with E-state index in [1.807, 2.05) is 0 Å². The lowest BCUT2D eigenvalue weighted by atomic mass is 9.84. The van der Waals surface area contributed by atoms with E-state index in [0.29, 0.717) is 6.42 Å². The SMILES string of the molecule is CC(C)(C)OC(=O)CCCn1ccnc(N2C(=O)C(C)(C)c3c(F)c(C4CC4)cc(F)c32)c1=O. The van der Waals surface area contributed by atoms with Crippen LogP contribution in [-0.4, -0.2) is 27.0 Å². The van der Waals surface area contributed by atoms with Crippen molar-refractivity contribution in [2.24, 2.45) is 0 Å². The lowest BCUT2D eigenvalue weighted by Crippen LogP contribution is -2.38. The summed E-state index contributed by atoms with van der Waals surface area (Å²) in [7, 11) is 0. The van der Waals surface area contributed by atoms with E-state index in [1.54, 1.807) is 20.8 Å². The van der Waals surface area contributed by atoms with E-state index < -0.39 is 34.1 Å². The van der Waals surface area contributed by atoms with Gasteiger partial charge >= 0.3 is 5.97 Å². The standard InChI is InChI=1S/C25H29F2N3O4/c1-24(2,3)34-17(31)7-6-11-29-12-10-28-21(22(29)32)30-20-16(26)13-15(14-8-9-14)19(27)18(20)25(4,5)23(30)33/h10,12-14H,6-9,11H2,1-5H3. The molecule has 2 aromatic rings. The fourth-order valence-electron chi connectivity index (χ4n) is 4.36. The Morgan fingerprint density at radius 1 is 1.24 bits per heavy atom. The summed E-state index contributed by atoms with van der Waals surface area (Å²) in [4.78, 5) is 43.4. The molecule has 182 valence electrons. The van der Waals surface area contributed by atoms with Crippen molar-refractivity contribution in [1.82, 2.24) is 9.55 Å². The Labute approximate surface area is 196 Å². The van der Waals surface area contributed by atoms with Crippen molar-refractivity contribution in [3.63, 3.8) is 0 Å². The van der Waals surface area contributed by atoms with E-state index in [2.05, 4.69) is 4.98 Å². The molecule has 4 rings (SSSR count). The zero-order valence-electron chi connectivity index (χ0n) is 20.1. The molecule has 1 aromatic carbocycles. The highest BCUT2D eigenvalue weighted by Gasteiger charge is 2.51. The normalized spacial score (nSPS) is 17.1. The molecule has 0 N–H and O–H groups in total. The van der Waals surface area contributed by atoms with Crippen LogP contribution in [0.15, 0.2) is 23.3 Å². The maximum Gasteiger partial charge on any atom is 0.306 e. The molecule has 34 heavy (non-hydrogen) atoms. The zero-order valence-corrected chi connectivity index (χ0v) is 20.1. The predicted octanol–water partition coefficient (Wildman–Crippen LogP) is 4.48. The topological polar surface area (TPSA) is 81.5 Å². The number of benzene rings is 1. The molecule has 1 fully saturated rings. The van der Waals surface area contributed by atoms with Crippen molar-refractivity contribution in [1.29, 1.82) is 0 Å². The second-order valence-corrected chi connectivity index (χ2v) is 10.5. The van der Waals surface area contributed by atoms with Crippen LogP contribution < -0.4 is 10.5 Å². The van der Waals surface area contributed by atoms with Crippen LogP contribution in [-0.2, 0) is 26.3 Å². The Morgan fingerprint density at radius 3 is 2.53 bits per heavy atom. The second kappa shape index (κ2) is 8.29. The molecule has 2 heterocycles. The first-order valence-electron chi connectivity index (χ1n) is 11.5. The smallest absolute Gasteiger partial charge is 0.306 e. The molecule has 0 radical (unpaired) electrons. The quantitative estimate of drug-likeness (QED) is 0.578. The summed E-state index contributed by atoms with van der Waals surface area (Å²) in [5.74, 6) is -2.69. The largest absolute Gasteiger partial charge is 0.460 e. The highest BCUT2D eigenvalue weighted by molar-refractivity contribution is 6.12. The van der Waals surface area contributed by atoms with Crippen LogP contribution in [0, 0.1) is 11.6 Å². The summed E-state index contributed by atoms with van der Waals surface area (Å²) < 4.78 is 37.3. The maximum absolute atomic E-state index is 15.4. The van der Waals surface area contributed by atoms with E-state index in [0.717, 1.165) is 23.8 Å². The lowest BCUT2D eigenvalue weighted by Gasteiger charge is -2.20. The molecular weight excluding hydrogens is 444 g/mol. The summed E-state index contributed by atoms with van der Waals surface area (Å²) in [6, 6.07) is 1.13. The number of carbonyl (C=O) groups is 2. The van der Waals surface area contributed by atoms with Gasteiger partial charge in [0.2, 0.25) is 11.7 Å². The van der Waals surface area contributed by atoms with E-state index in [1.165, 1.54) is 30.8 Å². The number of anilines is 2. The maximum atomic E-state index is 15.4. The summed E-state index contributed by atoms with van der Waals surface area (Å²) in [6.45, 7) is 8.53. The Hall–Kier alpha value is -3.10. The minimum absolute atomic E-state index is 0.0408. The van der Waals surface area contributed by atoms with Gasteiger partial charge in [-0.25, -0.2) is 13.8 Å². The van der Waals surface area contributed by atoms with Crippen molar-refractivity contribution in [2.45, 2.75) is 83.8 Å². The van der Waals surface area contributed by atoms with Gasteiger partial charge < -0.3 is 9.30 Å². The van der Waals surface area contributed by atoms with Gasteiger partial charge in [0, 0.05) is 30.9 Å². The van der Waals surface area contributed by atoms with Crippen LogP contribution in [0.4, 0.5) is 20.3 Å². The third-order valence-electron chi connectivity index (χ3n) is 6.13. The second-order valence-electron chi connectivity index (χ2n) is 10.5. The van der Waals surface area contributed by atoms with Gasteiger partial charge in [0.1, 0.15) is 17.2 Å². The molecule has 0 saturated heterocycles. The molecule has 1 aliphatic heterocycles. The molecule has 1 aliphatic carbocycles. The van der Waals surface area contributed by atoms with Gasteiger partial charge in [-0.1, -0.05) is 0 Å². The average molecular weight is 474 g/mol. The molecule has 0 bridgehead atoms. The molecule has 1 aromatic heterocycles. The molecule has 7 nitrogen and oxygen atoms in total. The first-order chi connectivity index (χ1) is 15.8. The van der Waals surface area contributed by atoms with Gasteiger partial charge in [-0.2, -0.15) is 0 Å². The molecular formula is C25H29F2N3O4. The molecule has 0 unspecified atom stereocenters. The van der Waals surface area contributed by atoms with Crippen molar-refractivity contribution in [2.75, 3.05) is 4.90 Å². The van der Waals surface area contributed by atoms with Crippen molar-refractivity contribution >= 4 is 23.4 Å². The Bertz CT molecular complexity index is 1230. The average Bonchev–Trinajstić information content (AvgIpc) is 3.53. The van der Waals surface area contributed by atoms with E-state index in [4.69, 9.17) is 4.74 Å². The number of rotatable bonds is 6. The minimum Gasteiger partial charge on any atom is -0.460 e. The van der Waals surface area contributed by atoms with Crippen LogP contribution in [0.5, 0.6) is 0 Å². The first kappa shape index (κ1) is 24.0. The van der Waals surface area contributed by atoms with Gasteiger partial charge in [0.05, 0.1) is 11.1 Å². The van der Waals surface area contributed by atoms with Gasteiger partial charge in [0.15, 0.2) is 0 Å². The minimum atomic E-state index is -1.36. The number of nitrogens with zero attached hydrogens (tertiary/aromatic N) is 3. The number of ether oxygens (including phenoxy) is 1. The molecule has 9 heteroatoms. The van der Waals surface area contributed by atoms with Crippen molar-refractivity contribution in [3.05, 3.63) is 51.6 Å². The third-order valence-corrected chi connectivity index (χ3v) is 6.13. The Kier molecular flexibility index (Phi) is 5.86. The number of hydrogen-bond acceptors (Lipinski definition) is 5. The molecule has 0 atom stereocenters. The number of fused-ring (bicyclic) bond motifs is 1. The molecule has 2 aliphatic rings. The molecule has 1 saturated carbocycles. The lowest BCUT2D eigenvalue weighted by molar-refractivity contribution is -0.155. The highest BCUT2D eigenvalue weighted by atomic mass is 19.1. The summed E-state index contributed by atoms with van der Waals surface area (Å²) >= 11 is 0. The summed E-state index contributed by atoms with van der Waals surface area (Å²) in [5.41, 5.74) is -2.62. The van der Waals surface area contributed by atoms with Crippen LogP contribution in [0.1, 0.15) is 77.3 Å². The van der Waals surface area contributed by atoms with Crippen LogP contribution in [0.3, 0.4) is 0 Å². The van der Waals surface area contributed by atoms with Crippen molar-refractivity contribution < 1.29 is 23.1 Å². The van der Waals surface area contributed by atoms with E-state index >= 15 is 8.78 Å². The number of carbonyl (C=O) groups excluding carboxylic acids is 2. The highest BCUT2D eigenvalue weighted by Crippen LogP contribution is 2.51. The van der Waals surface area contributed by atoms with Gasteiger partial charge in [0.25, 0.3) is 5.56 Å². The van der Waals surface area contributed by atoms with Gasteiger partial charge in [-0.3, -0.25) is 19.3 Å². The van der Waals surface area contributed by atoms with Crippen molar-refractivity contribution in [3.8, 4) is 0 Å². The van der Waals surface area contributed by atoms with Crippen LogP contribution in [0.25, 0.3) is 0 Å². The fraction of sp³-hybridized carbons (Fsp3) is 0.520. The summed E-state index contributed by atoms with van der Waals surface area (Å²) in [5, 5.41) is 0. The Balaban J connectivity index is 1.66.